The minimum absolute atomic E-state index is 0.252. The van der Waals surface area contributed by atoms with E-state index in [-0.39, 0.29) is 5.75 Å². The Labute approximate surface area is 191 Å². The van der Waals surface area contributed by atoms with Crippen LogP contribution < -0.4 is 10.1 Å². The van der Waals surface area contributed by atoms with Gasteiger partial charge in [-0.1, -0.05) is 17.4 Å². The summed E-state index contributed by atoms with van der Waals surface area (Å²) in [5.74, 6) is -1.78. The van der Waals surface area contributed by atoms with Crippen LogP contribution in [0.4, 0.5) is 19.6 Å². The van der Waals surface area contributed by atoms with Crippen molar-refractivity contribution in [1.29, 1.82) is 0 Å². The fourth-order valence-electron chi connectivity index (χ4n) is 3.11. The fraction of sp³-hybridized carbons (Fsp3) is 0. The van der Waals surface area contributed by atoms with Crippen LogP contribution >= 0.6 is 11.3 Å². The summed E-state index contributed by atoms with van der Waals surface area (Å²) in [6.07, 6.45) is 8.26. The molecule has 0 aliphatic rings. The third-order valence-electron chi connectivity index (χ3n) is 4.62. The highest BCUT2D eigenvalue weighted by atomic mass is 32.1. The summed E-state index contributed by atoms with van der Waals surface area (Å²) in [7, 11) is 0. The quantitative estimate of drug-likeness (QED) is 0.313. The zero-order valence-electron chi connectivity index (χ0n) is 16.9. The molecular weight excluding hydrogens is 444 g/mol. The lowest BCUT2D eigenvalue weighted by molar-refractivity contribution is 0.407. The number of anilines is 2. The lowest BCUT2D eigenvalue weighted by Gasteiger charge is -2.09. The maximum atomic E-state index is 14.0. The van der Waals surface area contributed by atoms with Crippen molar-refractivity contribution in [3.8, 4) is 33.3 Å². The highest BCUT2D eigenvalue weighted by Crippen LogP contribution is 2.40. The molecule has 1 N–H and O–H groups in total. The summed E-state index contributed by atoms with van der Waals surface area (Å²) in [5, 5.41) is 3.92. The van der Waals surface area contributed by atoms with Crippen LogP contribution in [0.3, 0.4) is 0 Å². The molecule has 5 aromatic rings. The Morgan fingerprint density at radius 2 is 1.52 bits per heavy atom. The molecule has 0 aliphatic carbocycles. The Kier molecular flexibility index (Phi) is 5.69. The first-order chi connectivity index (χ1) is 16.2. The molecule has 5 rings (SSSR count). The molecule has 0 saturated heterocycles. The van der Waals surface area contributed by atoms with Gasteiger partial charge in [0.05, 0.1) is 16.3 Å². The molecular formula is C24H15F2N5OS. The van der Waals surface area contributed by atoms with Crippen molar-refractivity contribution in [2.75, 3.05) is 5.32 Å². The van der Waals surface area contributed by atoms with E-state index in [0.717, 1.165) is 28.3 Å². The predicted octanol–water partition coefficient (Wildman–Crippen LogP) is 6.48. The second-order valence-corrected chi connectivity index (χ2v) is 7.82. The Morgan fingerprint density at radius 1 is 0.818 bits per heavy atom. The fourth-order valence-corrected chi connectivity index (χ4v) is 4.08. The number of nitrogens with one attached hydrogen (secondary N) is 1. The zero-order valence-corrected chi connectivity index (χ0v) is 17.8. The molecule has 0 spiro atoms. The number of ether oxygens (including phenoxy) is 1. The van der Waals surface area contributed by atoms with Gasteiger partial charge in [-0.2, -0.15) is 0 Å². The summed E-state index contributed by atoms with van der Waals surface area (Å²) < 4.78 is 33.6. The van der Waals surface area contributed by atoms with Crippen LogP contribution in [0.15, 0.2) is 85.6 Å². The number of thiazole rings is 1. The number of para-hydroxylation sites is 1. The Hall–Kier alpha value is -4.24. The second kappa shape index (κ2) is 9.09. The average Bonchev–Trinajstić information content (AvgIpc) is 3.27. The molecule has 0 radical (unpaired) electrons. The van der Waals surface area contributed by atoms with Gasteiger partial charge in [0.1, 0.15) is 5.75 Å². The average molecular weight is 459 g/mol. The standard InChI is InChI=1S/C24H15F2N5OS/c25-18-2-1-3-19(26)22(18)32-17-8-13-29-20(14-17)23-21(15-4-9-27-10-5-15)31-24(33-23)30-16-6-11-28-12-7-16/h1-14H,(H,28,30,31). The van der Waals surface area contributed by atoms with Crippen molar-refractivity contribution >= 4 is 22.2 Å². The van der Waals surface area contributed by atoms with Crippen molar-refractivity contribution < 1.29 is 13.5 Å². The summed E-state index contributed by atoms with van der Waals surface area (Å²) in [6, 6.07) is 14.1. The first kappa shape index (κ1) is 20.7. The van der Waals surface area contributed by atoms with Gasteiger partial charge in [0, 0.05) is 48.3 Å². The van der Waals surface area contributed by atoms with Crippen molar-refractivity contribution in [2.45, 2.75) is 0 Å². The normalized spacial score (nSPS) is 10.7. The maximum absolute atomic E-state index is 14.0. The van der Waals surface area contributed by atoms with E-state index in [0.29, 0.717) is 16.5 Å². The molecule has 0 unspecified atom stereocenters. The maximum Gasteiger partial charge on any atom is 0.198 e. The largest absolute Gasteiger partial charge is 0.451 e. The van der Waals surface area contributed by atoms with Gasteiger partial charge < -0.3 is 10.1 Å². The molecule has 0 aliphatic heterocycles. The van der Waals surface area contributed by atoms with Crippen LogP contribution in [-0.2, 0) is 0 Å². The van der Waals surface area contributed by atoms with E-state index in [9.17, 15) is 8.78 Å². The minimum Gasteiger partial charge on any atom is -0.451 e. The number of pyridine rings is 3. The third kappa shape index (κ3) is 4.53. The molecule has 0 amide bonds. The molecule has 0 atom stereocenters. The molecule has 0 fully saturated rings. The van der Waals surface area contributed by atoms with Gasteiger partial charge in [-0.3, -0.25) is 15.0 Å². The van der Waals surface area contributed by atoms with Crippen LogP contribution in [0.2, 0.25) is 0 Å². The highest BCUT2D eigenvalue weighted by molar-refractivity contribution is 7.19. The van der Waals surface area contributed by atoms with E-state index < -0.39 is 17.4 Å². The van der Waals surface area contributed by atoms with Crippen molar-refractivity contribution in [1.82, 2.24) is 19.9 Å². The zero-order chi connectivity index (χ0) is 22.6. The van der Waals surface area contributed by atoms with Gasteiger partial charge in [0.2, 0.25) is 0 Å². The SMILES string of the molecule is Fc1cccc(F)c1Oc1ccnc(-c2sc(Nc3ccncc3)nc2-c2ccncc2)c1. The monoisotopic (exact) mass is 459 g/mol. The van der Waals surface area contributed by atoms with Crippen LogP contribution in [0.25, 0.3) is 21.8 Å². The topological polar surface area (TPSA) is 72.8 Å². The number of benzene rings is 1. The third-order valence-corrected chi connectivity index (χ3v) is 5.61. The Balaban J connectivity index is 1.55. The number of hydrogen-bond acceptors (Lipinski definition) is 7. The first-order valence-corrected chi connectivity index (χ1v) is 10.7. The summed E-state index contributed by atoms with van der Waals surface area (Å²) >= 11 is 1.39. The molecule has 1 aromatic carbocycles. The van der Waals surface area contributed by atoms with E-state index in [1.165, 1.54) is 23.6 Å². The van der Waals surface area contributed by atoms with Crippen LogP contribution in [-0.4, -0.2) is 19.9 Å². The number of halogens is 2. The van der Waals surface area contributed by atoms with Gasteiger partial charge in [0.25, 0.3) is 0 Å². The number of nitrogens with zero attached hydrogens (tertiary/aromatic N) is 4. The molecule has 33 heavy (non-hydrogen) atoms. The van der Waals surface area contributed by atoms with Gasteiger partial charge in [0.15, 0.2) is 22.5 Å². The Morgan fingerprint density at radius 3 is 2.24 bits per heavy atom. The summed E-state index contributed by atoms with van der Waals surface area (Å²) in [4.78, 5) is 18.1. The van der Waals surface area contributed by atoms with E-state index in [1.54, 1.807) is 36.9 Å². The summed E-state index contributed by atoms with van der Waals surface area (Å²) in [5.41, 5.74) is 2.94. The second-order valence-electron chi connectivity index (χ2n) is 6.82. The number of aromatic nitrogens is 4. The highest BCUT2D eigenvalue weighted by Gasteiger charge is 2.18. The molecule has 4 heterocycles. The minimum atomic E-state index is -0.785. The van der Waals surface area contributed by atoms with E-state index in [2.05, 4.69) is 20.3 Å². The van der Waals surface area contributed by atoms with Crippen molar-refractivity contribution in [2.24, 2.45) is 0 Å². The van der Waals surface area contributed by atoms with Crippen LogP contribution in [0, 0.1) is 11.6 Å². The van der Waals surface area contributed by atoms with E-state index in [1.807, 2.05) is 24.3 Å². The first-order valence-electron chi connectivity index (χ1n) is 9.84. The van der Waals surface area contributed by atoms with Crippen molar-refractivity contribution in [3.63, 3.8) is 0 Å². The molecule has 9 heteroatoms. The van der Waals surface area contributed by atoms with E-state index in [4.69, 9.17) is 9.72 Å². The van der Waals surface area contributed by atoms with Crippen molar-refractivity contribution in [3.05, 3.63) is 97.2 Å². The van der Waals surface area contributed by atoms with Crippen LogP contribution in [0.1, 0.15) is 0 Å². The lowest BCUT2D eigenvalue weighted by atomic mass is 10.1. The van der Waals surface area contributed by atoms with Gasteiger partial charge in [-0.25, -0.2) is 13.8 Å². The number of hydrogen-bond donors (Lipinski definition) is 1. The van der Waals surface area contributed by atoms with E-state index >= 15 is 0 Å². The molecule has 162 valence electrons. The smallest absolute Gasteiger partial charge is 0.198 e. The lowest BCUT2D eigenvalue weighted by Crippen LogP contribution is -1.93. The predicted molar refractivity (Wildman–Crippen MR) is 123 cm³/mol. The van der Waals surface area contributed by atoms with Gasteiger partial charge >= 0.3 is 0 Å². The molecule has 0 saturated carbocycles. The van der Waals surface area contributed by atoms with Gasteiger partial charge in [-0.15, -0.1) is 0 Å². The number of rotatable bonds is 6. The van der Waals surface area contributed by atoms with Gasteiger partial charge in [-0.05, 0) is 42.5 Å². The molecule has 6 nitrogen and oxygen atoms in total. The Bertz CT molecular complexity index is 1380. The van der Waals surface area contributed by atoms with Crippen LogP contribution in [0.5, 0.6) is 11.5 Å². The molecule has 0 bridgehead atoms. The molecule has 4 aromatic heterocycles. The summed E-state index contributed by atoms with van der Waals surface area (Å²) in [6.45, 7) is 0.